The number of hydrogen-bond donors (Lipinski definition) is 9. The zero-order valence-electron chi connectivity index (χ0n) is 15.3. The van der Waals surface area contributed by atoms with Gasteiger partial charge >= 0.3 is 23.9 Å². The van der Waals surface area contributed by atoms with E-state index in [9.17, 15) is 24.0 Å². The summed E-state index contributed by atoms with van der Waals surface area (Å²) in [6, 6.07) is -1.85. The molecule has 0 radical (unpaired) electrons. The van der Waals surface area contributed by atoms with Gasteiger partial charge in [-0.05, 0) is 18.4 Å². The number of amides is 1. The topological polar surface area (TPSA) is 296 Å². The summed E-state index contributed by atoms with van der Waals surface area (Å²) in [6.45, 7) is -0.556. The van der Waals surface area contributed by atoms with Gasteiger partial charge in [-0.3, -0.25) is 24.0 Å². The third-order valence-electron chi connectivity index (χ3n) is 2.04. The van der Waals surface area contributed by atoms with Crippen molar-refractivity contribution in [2.24, 2.45) is 28.7 Å². The Kier molecular flexibility index (Phi) is 26.7. The van der Waals surface area contributed by atoms with E-state index in [0.29, 0.717) is 6.42 Å². The van der Waals surface area contributed by atoms with Gasteiger partial charge in [0.2, 0.25) is 5.91 Å². The van der Waals surface area contributed by atoms with Crippen LogP contribution in [0.2, 0.25) is 0 Å². The van der Waals surface area contributed by atoms with Crippen LogP contribution in [0.5, 0.6) is 0 Å². The number of thioether (sulfide) groups is 1. The summed E-state index contributed by atoms with van der Waals surface area (Å²) in [7, 11) is 0. The van der Waals surface area contributed by atoms with E-state index in [2.05, 4.69) is 17.2 Å². The highest BCUT2D eigenvalue weighted by Gasteiger charge is 2.13. The van der Waals surface area contributed by atoms with Crippen molar-refractivity contribution in [2.45, 2.75) is 24.9 Å². The number of primary amides is 1. The van der Waals surface area contributed by atoms with Crippen molar-refractivity contribution < 1.29 is 44.4 Å². The molecule has 0 aliphatic carbocycles. The van der Waals surface area contributed by atoms with Crippen LogP contribution in [-0.4, -0.2) is 87.4 Å². The predicted octanol–water partition coefficient (Wildman–Crippen LogP) is -3.52. The fraction of sp³-hybridized carbons (Fsp3) is 0.615. The maximum atomic E-state index is 10.1. The number of carbonyl (C=O) groups excluding carboxylic acids is 1. The normalized spacial score (nSPS) is 10.9. The van der Waals surface area contributed by atoms with Crippen LogP contribution in [0.1, 0.15) is 12.8 Å². The standard InChI is InChI=1S/C5H11NO2S.C4H8N2O3.2C2H5NO2/c1-9-3-2-4(6)5(7)8;5-2(4(8)9)1-3(6)7;2*3-1-2(4)5/h4H,2-3,6H2,1H3,(H,7,8);2H,1,5H2,(H2,6,7)(H,8,9);2*1,3H2,(H,4,5). The van der Waals surface area contributed by atoms with Gasteiger partial charge < -0.3 is 49.1 Å². The molecule has 14 N–H and O–H groups in total. The van der Waals surface area contributed by atoms with E-state index in [0.717, 1.165) is 5.75 Å². The molecule has 0 rings (SSSR count). The molecule has 0 saturated carbocycles. The van der Waals surface area contributed by atoms with Gasteiger partial charge in [-0.25, -0.2) is 0 Å². The molecule has 1 amide bonds. The lowest BCUT2D eigenvalue weighted by atomic mass is 10.2. The number of rotatable bonds is 9. The van der Waals surface area contributed by atoms with Crippen molar-refractivity contribution in [1.29, 1.82) is 0 Å². The van der Waals surface area contributed by atoms with Crippen molar-refractivity contribution in [1.82, 2.24) is 0 Å². The molecule has 0 bridgehead atoms. The van der Waals surface area contributed by atoms with Gasteiger partial charge in [0.05, 0.1) is 19.5 Å². The number of carbonyl (C=O) groups is 5. The maximum Gasteiger partial charge on any atom is 0.321 e. The summed E-state index contributed by atoms with van der Waals surface area (Å²) >= 11 is 1.60. The fourth-order valence-corrected chi connectivity index (χ4v) is 1.16. The zero-order chi connectivity index (χ0) is 23.3. The van der Waals surface area contributed by atoms with E-state index >= 15 is 0 Å². The second kappa shape index (κ2) is 22.6. The third kappa shape index (κ3) is 38.9. The number of aliphatic carboxylic acids is 4. The monoisotopic (exact) mass is 431 g/mol. The second-order valence-electron chi connectivity index (χ2n) is 4.54. The van der Waals surface area contributed by atoms with E-state index in [1.807, 2.05) is 6.26 Å². The molecule has 166 valence electrons. The van der Waals surface area contributed by atoms with Crippen LogP contribution in [0.25, 0.3) is 0 Å². The first-order chi connectivity index (χ1) is 12.8. The van der Waals surface area contributed by atoms with Crippen LogP contribution in [0, 0.1) is 0 Å². The van der Waals surface area contributed by atoms with E-state index in [1.54, 1.807) is 11.8 Å². The molecule has 0 aromatic carbocycles. The molecule has 0 aliphatic rings. The molecule has 0 aliphatic heterocycles. The Balaban J connectivity index is -0.000000143. The minimum atomic E-state index is -1.21. The molecular weight excluding hydrogens is 402 g/mol. The first-order valence-electron chi connectivity index (χ1n) is 7.34. The SMILES string of the molecule is CSCCC(N)C(=O)O.NC(=O)CC(N)C(=O)O.NCC(=O)O.NCC(=O)O. The lowest BCUT2D eigenvalue weighted by molar-refractivity contribution is -0.140. The van der Waals surface area contributed by atoms with Crippen molar-refractivity contribution in [3.63, 3.8) is 0 Å². The minimum absolute atomic E-state index is 0.278. The quantitative estimate of drug-likeness (QED) is 0.171. The number of carboxylic acid groups (broad SMARTS) is 4. The zero-order valence-corrected chi connectivity index (χ0v) is 16.1. The summed E-state index contributed by atoms with van der Waals surface area (Å²) in [5.41, 5.74) is 23.9. The molecular formula is C13H29N5O9S. The van der Waals surface area contributed by atoms with Gasteiger partial charge in [0, 0.05) is 0 Å². The molecule has 14 nitrogen and oxygen atoms in total. The largest absolute Gasteiger partial charge is 0.480 e. The summed E-state index contributed by atoms with van der Waals surface area (Å²) in [5.74, 6) is -3.95. The fourth-order valence-electron chi connectivity index (χ4n) is 0.672. The maximum absolute atomic E-state index is 10.1. The summed E-state index contributed by atoms with van der Waals surface area (Å²) in [4.78, 5) is 48.5. The van der Waals surface area contributed by atoms with Crippen LogP contribution < -0.4 is 28.7 Å². The van der Waals surface area contributed by atoms with E-state index in [4.69, 9.17) is 31.9 Å². The molecule has 0 fully saturated rings. The molecule has 0 aromatic heterocycles. The Morgan fingerprint density at radius 1 is 0.821 bits per heavy atom. The Morgan fingerprint density at radius 2 is 1.14 bits per heavy atom. The van der Waals surface area contributed by atoms with Gasteiger partial charge in [0.15, 0.2) is 0 Å². The molecule has 2 atom stereocenters. The number of carboxylic acids is 4. The first-order valence-corrected chi connectivity index (χ1v) is 8.73. The number of hydrogen-bond acceptors (Lipinski definition) is 10. The van der Waals surface area contributed by atoms with Gasteiger partial charge in [0.25, 0.3) is 0 Å². The highest BCUT2D eigenvalue weighted by Crippen LogP contribution is 1.97. The minimum Gasteiger partial charge on any atom is -0.480 e. The van der Waals surface area contributed by atoms with Gasteiger partial charge in [-0.2, -0.15) is 11.8 Å². The predicted molar refractivity (Wildman–Crippen MR) is 101 cm³/mol. The first kappa shape index (κ1) is 33.1. The molecule has 0 spiro atoms. The Labute approximate surface area is 165 Å². The van der Waals surface area contributed by atoms with Crippen LogP contribution >= 0.6 is 11.8 Å². The molecule has 0 aromatic rings. The van der Waals surface area contributed by atoms with Crippen LogP contribution in [-0.2, 0) is 24.0 Å². The summed E-state index contributed by atoms with van der Waals surface area (Å²) in [5, 5.41) is 31.6. The van der Waals surface area contributed by atoms with Gasteiger partial charge in [0.1, 0.15) is 12.1 Å². The van der Waals surface area contributed by atoms with E-state index in [-0.39, 0.29) is 19.5 Å². The molecule has 0 saturated heterocycles. The second-order valence-corrected chi connectivity index (χ2v) is 5.52. The molecule has 0 heterocycles. The van der Waals surface area contributed by atoms with Crippen molar-refractivity contribution in [3.05, 3.63) is 0 Å². The molecule has 2 unspecified atom stereocenters. The average Bonchev–Trinajstić information content (AvgIpc) is 2.60. The van der Waals surface area contributed by atoms with Crippen molar-refractivity contribution in [3.8, 4) is 0 Å². The highest BCUT2D eigenvalue weighted by molar-refractivity contribution is 7.98. The van der Waals surface area contributed by atoms with Gasteiger partial charge in [-0.1, -0.05) is 0 Å². The van der Waals surface area contributed by atoms with Crippen LogP contribution in [0.4, 0.5) is 0 Å². The highest BCUT2D eigenvalue weighted by atomic mass is 32.2. The van der Waals surface area contributed by atoms with E-state index in [1.165, 1.54) is 0 Å². The Bertz CT molecular complexity index is 465. The molecule has 28 heavy (non-hydrogen) atoms. The van der Waals surface area contributed by atoms with Crippen molar-refractivity contribution in [2.75, 3.05) is 25.1 Å². The summed E-state index contributed by atoms with van der Waals surface area (Å²) in [6.07, 6.45) is 2.17. The Morgan fingerprint density at radius 3 is 1.29 bits per heavy atom. The van der Waals surface area contributed by atoms with Gasteiger partial charge in [-0.15, -0.1) is 0 Å². The van der Waals surface area contributed by atoms with Crippen LogP contribution in [0.15, 0.2) is 0 Å². The summed E-state index contributed by atoms with van der Waals surface area (Å²) < 4.78 is 0. The lowest BCUT2D eigenvalue weighted by Crippen LogP contribution is -2.34. The third-order valence-corrected chi connectivity index (χ3v) is 2.68. The van der Waals surface area contributed by atoms with Crippen molar-refractivity contribution >= 4 is 41.5 Å². The van der Waals surface area contributed by atoms with Crippen LogP contribution in [0.3, 0.4) is 0 Å². The Hall–Kier alpha value is -2.46. The molecule has 15 heteroatoms. The van der Waals surface area contributed by atoms with E-state index < -0.39 is 41.9 Å². The average molecular weight is 431 g/mol. The number of nitrogens with two attached hydrogens (primary N) is 5. The smallest absolute Gasteiger partial charge is 0.321 e. The lowest BCUT2D eigenvalue weighted by Gasteiger charge is -2.02.